The van der Waals surface area contributed by atoms with Crippen LogP contribution in [0, 0.1) is 3.57 Å². The van der Waals surface area contributed by atoms with Crippen LogP contribution in [0.3, 0.4) is 0 Å². The highest BCUT2D eigenvalue weighted by Gasteiger charge is 2.41. The van der Waals surface area contributed by atoms with Crippen molar-refractivity contribution in [3.05, 3.63) is 30.6 Å². The molecule has 15 nitrogen and oxygen atoms in total. The minimum atomic E-state index is -5.60. The Hall–Kier alpha value is -0.220. The van der Waals surface area contributed by atoms with E-state index in [-0.39, 0.29) is 16.4 Å². The lowest BCUT2D eigenvalue weighted by molar-refractivity contribution is -0.0244. The number of halogens is 1. The summed E-state index contributed by atoms with van der Waals surface area (Å²) in [6.07, 6.45) is 0.185. The standard InChI is InChI=1S/C9H14IN2O13P3/c10-6-3-12(9(14)11-8(6)13)7-2-1-5(23-7)4-22-27(18,19)25-28(20,21)24-26(15,16)17/h3,5,7H,1-2,4H2,(H,18,19)(H,20,21)(H,11,13,14)(H2,15,16,17)/t5-,7+/m0/s1. The predicted octanol–water partition coefficient (Wildman–Crippen LogP) is 0.162. The smallest absolute Gasteiger partial charge is 0.352 e. The molecule has 2 unspecified atom stereocenters. The van der Waals surface area contributed by atoms with Gasteiger partial charge in [-0.1, -0.05) is 0 Å². The summed E-state index contributed by atoms with van der Waals surface area (Å²) in [7, 11) is -16.3. The van der Waals surface area contributed by atoms with Crippen LogP contribution in [0.1, 0.15) is 19.1 Å². The molecule has 5 N–H and O–H groups in total. The van der Waals surface area contributed by atoms with Crippen LogP contribution in [0.5, 0.6) is 0 Å². The highest BCUT2D eigenvalue weighted by molar-refractivity contribution is 14.1. The highest BCUT2D eigenvalue weighted by Crippen LogP contribution is 2.66. The van der Waals surface area contributed by atoms with E-state index in [4.69, 9.17) is 19.4 Å². The van der Waals surface area contributed by atoms with Crippen LogP contribution >= 0.6 is 46.1 Å². The van der Waals surface area contributed by atoms with Crippen molar-refractivity contribution < 1.29 is 51.2 Å². The van der Waals surface area contributed by atoms with Crippen molar-refractivity contribution in [1.82, 2.24) is 9.55 Å². The number of aromatic amines is 1. The molecule has 1 fully saturated rings. The largest absolute Gasteiger partial charge is 0.490 e. The Morgan fingerprint density at radius 1 is 1.14 bits per heavy atom. The van der Waals surface area contributed by atoms with Gasteiger partial charge in [0.1, 0.15) is 6.23 Å². The summed E-state index contributed by atoms with van der Waals surface area (Å²) in [6.45, 7) is -0.616. The summed E-state index contributed by atoms with van der Waals surface area (Å²) in [5.74, 6) is 0. The van der Waals surface area contributed by atoms with Crippen molar-refractivity contribution in [3.8, 4) is 0 Å². The molecule has 0 amide bonds. The third-order valence-corrected chi connectivity index (χ3v) is 7.73. The lowest BCUT2D eigenvalue weighted by atomic mass is 10.2. The average Bonchev–Trinajstić information content (AvgIpc) is 2.94. The van der Waals surface area contributed by atoms with Gasteiger partial charge in [0.15, 0.2) is 0 Å². The summed E-state index contributed by atoms with van der Waals surface area (Å²) < 4.78 is 51.9. The zero-order valence-corrected chi connectivity index (χ0v) is 18.3. The second-order valence-corrected chi connectivity index (χ2v) is 10.9. The van der Waals surface area contributed by atoms with Crippen molar-refractivity contribution in [2.75, 3.05) is 6.61 Å². The molecule has 28 heavy (non-hydrogen) atoms. The van der Waals surface area contributed by atoms with Gasteiger partial charge >= 0.3 is 29.2 Å². The van der Waals surface area contributed by atoms with Crippen LogP contribution in [-0.4, -0.2) is 41.8 Å². The Bertz CT molecular complexity index is 984. The van der Waals surface area contributed by atoms with E-state index < -0.39 is 53.7 Å². The SMILES string of the molecule is O=c1[nH]c(=O)n([C@H]2CC[C@@H](COP(=O)(O)OP(=O)(O)OP(=O)(O)O)O2)cc1I. The molecule has 19 heteroatoms. The number of hydrogen-bond donors (Lipinski definition) is 5. The summed E-state index contributed by atoms with van der Waals surface area (Å²) >= 11 is 1.72. The Morgan fingerprint density at radius 3 is 2.39 bits per heavy atom. The lowest BCUT2D eigenvalue weighted by Crippen LogP contribution is -2.33. The van der Waals surface area contributed by atoms with Gasteiger partial charge < -0.3 is 24.3 Å². The van der Waals surface area contributed by atoms with E-state index in [1.54, 1.807) is 22.6 Å². The van der Waals surface area contributed by atoms with E-state index >= 15 is 0 Å². The highest BCUT2D eigenvalue weighted by atomic mass is 127. The number of phosphoric acid groups is 3. The van der Waals surface area contributed by atoms with E-state index in [0.717, 1.165) is 4.57 Å². The number of rotatable bonds is 8. The van der Waals surface area contributed by atoms with Gasteiger partial charge in [-0.15, -0.1) is 0 Å². The molecule has 0 bridgehead atoms. The second kappa shape index (κ2) is 8.88. The number of nitrogens with one attached hydrogen (secondary N) is 1. The first-order valence-electron chi connectivity index (χ1n) is 7.12. The normalized spacial score (nSPS) is 24.6. The molecule has 1 aliphatic heterocycles. The number of nitrogens with zero attached hydrogens (tertiary/aromatic N) is 1. The molecule has 0 aliphatic carbocycles. The third-order valence-electron chi connectivity index (χ3n) is 3.16. The van der Waals surface area contributed by atoms with Crippen LogP contribution in [0.2, 0.25) is 0 Å². The maximum Gasteiger partial charge on any atom is 0.490 e. The molecule has 4 atom stereocenters. The molecular weight excluding hydrogens is 564 g/mol. The topological polar surface area (TPSA) is 224 Å². The van der Waals surface area contributed by atoms with Crippen LogP contribution in [-0.2, 0) is 31.6 Å². The fourth-order valence-corrected chi connectivity index (χ4v) is 5.65. The molecule has 2 rings (SSSR count). The Morgan fingerprint density at radius 2 is 1.79 bits per heavy atom. The average molecular weight is 578 g/mol. The molecule has 1 aromatic heterocycles. The van der Waals surface area contributed by atoms with Crippen molar-refractivity contribution in [1.29, 1.82) is 0 Å². The Kier molecular flexibility index (Phi) is 7.62. The maximum atomic E-state index is 11.8. The first-order chi connectivity index (χ1) is 12.7. The molecule has 0 radical (unpaired) electrons. The minimum Gasteiger partial charge on any atom is -0.352 e. The van der Waals surface area contributed by atoms with Gasteiger partial charge in [0, 0.05) is 6.20 Å². The fraction of sp³-hybridized carbons (Fsp3) is 0.556. The summed E-state index contributed by atoms with van der Waals surface area (Å²) in [5, 5.41) is 0. The molecular formula is C9H14IN2O13P3. The van der Waals surface area contributed by atoms with E-state index in [1.807, 2.05) is 0 Å². The van der Waals surface area contributed by atoms with Gasteiger partial charge in [-0.3, -0.25) is 18.9 Å². The minimum absolute atomic E-state index is 0.234. The van der Waals surface area contributed by atoms with E-state index in [2.05, 4.69) is 18.1 Å². The van der Waals surface area contributed by atoms with Crippen molar-refractivity contribution >= 4 is 46.1 Å². The lowest BCUT2D eigenvalue weighted by Gasteiger charge is -2.18. The Labute approximate surface area is 169 Å². The Balaban J connectivity index is 1.95. The number of hydrogen-bond acceptors (Lipinski definition) is 9. The monoisotopic (exact) mass is 578 g/mol. The van der Waals surface area contributed by atoms with Gasteiger partial charge in [-0.25, -0.2) is 18.5 Å². The molecule has 1 aromatic rings. The van der Waals surface area contributed by atoms with E-state index in [0.29, 0.717) is 0 Å². The molecule has 1 aliphatic rings. The van der Waals surface area contributed by atoms with Crippen molar-refractivity contribution in [2.45, 2.75) is 25.2 Å². The van der Waals surface area contributed by atoms with Gasteiger partial charge in [0.2, 0.25) is 0 Å². The summed E-state index contributed by atoms with van der Waals surface area (Å²) in [5.41, 5.74) is -1.28. The van der Waals surface area contributed by atoms with E-state index in [9.17, 15) is 28.2 Å². The van der Waals surface area contributed by atoms with Gasteiger partial charge in [0.25, 0.3) is 5.56 Å². The quantitative estimate of drug-likeness (QED) is 0.205. The zero-order valence-electron chi connectivity index (χ0n) is 13.5. The van der Waals surface area contributed by atoms with Crippen LogP contribution in [0.15, 0.2) is 15.8 Å². The van der Waals surface area contributed by atoms with Crippen LogP contribution in [0.4, 0.5) is 0 Å². The number of phosphoric ester groups is 1. The first kappa shape index (κ1) is 24.1. The van der Waals surface area contributed by atoms with Crippen LogP contribution in [0.25, 0.3) is 0 Å². The zero-order chi connectivity index (χ0) is 21.3. The third kappa shape index (κ3) is 7.23. The van der Waals surface area contributed by atoms with Gasteiger partial charge in [0.05, 0.1) is 16.3 Å². The second-order valence-electron chi connectivity index (χ2n) is 5.32. The number of ether oxygens (including phenoxy) is 1. The first-order valence-corrected chi connectivity index (χ1v) is 12.7. The maximum absolute atomic E-state index is 11.8. The van der Waals surface area contributed by atoms with Crippen molar-refractivity contribution in [2.24, 2.45) is 0 Å². The predicted molar refractivity (Wildman–Crippen MR) is 97.0 cm³/mol. The molecule has 0 aromatic carbocycles. The number of H-pyrrole nitrogens is 1. The molecule has 160 valence electrons. The van der Waals surface area contributed by atoms with Crippen molar-refractivity contribution in [3.63, 3.8) is 0 Å². The molecule has 1 saturated heterocycles. The molecule has 2 heterocycles. The summed E-state index contributed by atoms with van der Waals surface area (Å²) in [4.78, 5) is 60.6. The van der Waals surface area contributed by atoms with Crippen LogP contribution < -0.4 is 11.2 Å². The molecule has 0 spiro atoms. The number of aromatic nitrogens is 2. The summed E-state index contributed by atoms with van der Waals surface area (Å²) in [6, 6.07) is 0. The van der Waals surface area contributed by atoms with Gasteiger partial charge in [-0.2, -0.15) is 8.62 Å². The molecule has 0 saturated carbocycles. The fourth-order valence-electron chi connectivity index (χ4n) is 2.17. The van der Waals surface area contributed by atoms with Gasteiger partial charge in [-0.05, 0) is 35.4 Å². The van der Waals surface area contributed by atoms with E-state index in [1.165, 1.54) is 6.20 Å².